The minimum absolute atomic E-state index is 0.0876. The van der Waals surface area contributed by atoms with Crippen LogP contribution in [0.4, 0.5) is 4.79 Å². The Morgan fingerprint density at radius 1 is 0.743 bits per heavy atom. The second kappa shape index (κ2) is 13.3. The Morgan fingerprint density at radius 3 is 1.80 bits per heavy atom. The van der Waals surface area contributed by atoms with Crippen molar-refractivity contribution in [1.82, 2.24) is 10.6 Å². The summed E-state index contributed by atoms with van der Waals surface area (Å²) >= 11 is 0. The van der Waals surface area contributed by atoms with Crippen LogP contribution in [-0.2, 0) is 33.8 Å². The zero-order valence-corrected chi connectivity index (χ0v) is 19.3. The molecule has 4 N–H and O–H groups in total. The van der Waals surface area contributed by atoms with Crippen molar-refractivity contribution >= 4 is 17.9 Å². The summed E-state index contributed by atoms with van der Waals surface area (Å²) in [6.45, 7) is 0.0876. The van der Waals surface area contributed by atoms with Crippen molar-refractivity contribution < 1.29 is 19.1 Å². The predicted molar refractivity (Wildman–Crippen MR) is 134 cm³/mol. The number of alkyl carbamates (subject to hydrolysis) is 1. The summed E-state index contributed by atoms with van der Waals surface area (Å²) in [4.78, 5) is 37.1. The summed E-state index contributed by atoms with van der Waals surface area (Å²) in [7, 11) is 0. The quantitative estimate of drug-likeness (QED) is 0.373. The van der Waals surface area contributed by atoms with E-state index in [9.17, 15) is 14.4 Å². The molecule has 0 radical (unpaired) electrons. The van der Waals surface area contributed by atoms with Crippen molar-refractivity contribution in [1.29, 1.82) is 0 Å². The average Bonchev–Trinajstić information content (AvgIpc) is 2.87. The monoisotopic (exact) mass is 471 g/mol. The molecule has 35 heavy (non-hydrogen) atoms. The van der Waals surface area contributed by atoms with E-state index < -0.39 is 30.0 Å². The number of rotatable bonds is 11. The van der Waals surface area contributed by atoms with Crippen molar-refractivity contribution in [3.63, 3.8) is 0 Å². The van der Waals surface area contributed by atoms with Gasteiger partial charge in [0.2, 0.25) is 11.8 Å². The van der Waals surface area contributed by atoms with Gasteiger partial charge in [-0.1, -0.05) is 97.1 Å². The fourth-order valence-corrected chi connectivity index (χ4v) is 3.50. The maximum absolute atomic E-state index is 13.3. The Morgan fingerprint density at radius 2 is 1.26 bits per heavy atom. The molecular formula is C28H29N3O4. The summed E-state index contributed by atoms with van der Waals surface area (Å²) in [6.07, 6.45) is 2.80. The van der Waals surface area contributed by atoms with E-state index in [4.69, 9.17) is 10.5 Å². The van der Waals surface area contributed by atoms with Gasteiger partial charge in [-0.3, -0.25) is 9.59 Å². The van der Waals surface area contributed by atoms with Crippen LogP contribution in [0.1, 0.15) is 16.7 Å². The molecule has 3 aromatic rings. The number of carbonyl (C=O) groups excluding carboxylic acids is 3. The van der Waals surface area contributed by atoms with E-state index in [-0.39, 0.29) is 13.0 Å². The van der Waals surface area contributed by atoms with Crippen LogP contribution < -0.4 is 16.4 Å². The second-order valence-corrected chi connectivity index (χ2v) is 8.01. The Hall–Kier alpha value is -4.39. The van der Waals surface area contributed by atoms with E-state index in [0.717, 1.165) is 16.7 Å². The number of amides is 3. The summed E-state index contributed by atoms with van der Waals surface area (Å²) < 4.78 is 5.32. The Kier molecular flexibility index (Phi) is 9.63. The normalized spacial score (nSPS) is 12.5. The molecule has 7 heteroatoms. The summed E-state index contributed by atoms with van der Waals surface area (Å²) in [5.74, 6) is -1.01. The minimum Gasteiger partial charge on any atom is -0.445 e. The number of hydrogen-bond acceptors (Lipinski definition) is 4. The number of nitrogens with two attached hydrogens (primary N) is 1. The molecule has 3 amide bonds. The molecule has 180 valence electrons. The molecule has 0 aliphatic rings. The zero-order valence-electron chi connectivity index (χ0n) is 19.3. The minimum atomic E-state index is -0.888. The van der Waals surface area contributed by atoms with Gasteiger partial charge in [-0.2, -0.15) is 0 Å². The van der Waals surface area contributed by atoms with E-state index in [2.05, 4.69) is 10.6 Å². The average molecular weight is 472 g/mol. The van der Waals surface area contributed by atoms with Crippen molar-refractivity contribution in [2.75, 3.05) is 0 Å². The number of ether oxygens (including phenoxy) is 1. The first kappa shape index (κ1) is 25.2. The van der Waals surface area contributed by atoms with E-state index in [0.29, 0.717) is 6.42 Å². The molecular weight excluding hydrogens is 442 g/mol. The van der Waals surface area contributed by atoms with Gasteiger partial charge in [0.1, 0.15) is 12.6 Å². The lowest BCUT2D eigenvalue weighted by Crippen LogP contribution is -2.51. The molecule has 0 bridgehead atoms. The molecule has 3 aromatic carbocycles. The van der Waals surface area contributed by atoms with Crippen LogP contribution in [-0.4, -0.2) is 30.0 Å². The fourth-order valence-electron chi connectivity index (χ4n) is 3.50. The third kappa shape index (κ3) is 9.17. The molecule has 0 aromatic heterocycles. The van der Waals surface area contributed by atoms with Crippen molar-refractivity contribution in [2.24, 2.45) is 5.73 Å². The topological polar surface area (TPSA) is 111 Å². The SMILES string of the molecule is NC(=O)/C=C/[C@H](Cc1ccccc1)NC(=O)[C@H](Cc1ccccc1)NC(=O)OCc1ccccc1. The second-order valence-electron chi connectivity index (χ2n) is 8.01. The van der Waals surface area contributed by atoms with E-state index in [1.807, 2.05) is 91.0 Å². The van der Waals surface area contributed by atoms with Crippen LogP contribution in [0.5, 0.6) is 0 Å². The predicted octanol–water partition coefficient (Wildman–Crippen LogP) is 3.29. The number of hydrogen-bond donors (Lipinski definition) is 3. The first-order valence-electron chi connectivity index (χ1n) is 11.3. The van der Waals surface area contributed by atoms with Crippen LogP contribution in [0.15, 0.2) is 103 Å². The Balaban J connectivity index is 1.71. The largest absolute Gasteiger partial charge is 0.445 e. The molecule has 0 saturated heterocycles. The van der Waals surface area contributed by atoms with Crippen molar-refractivity contribution in [3.05, 3.63) is 120 Å². The van der Waals surface area contributed by atoms with Gasteiger partial charge in [0, 0.05) is 12.5 Å². The fraction of sp³-hybridized carbons (Fsp3) is 0.179. The lowest BCUT2D eigenvalue weighted by Gasteiger charge is -2.22. The first-order chi connectivity index (χ1) is 17.0. The molecule has 0 unspecified atom stereocenters. The van der Waals surface area contributed by atoms with Crippen LogP contribution in [0, 0.1) is 0 Å². The van der Waals surface area contributed by atoms with Crippen LogP contribution in [0.25, 0.3) is 0 Å². The highest BCUT2D eigenvalue weighted by molar-refractivity contribution is 5.87. The van der Waals surface area contributed by atoms with Crippen molar-refractivity contribution in [2.45, 2.75) is 31.5 Å². The highest BCUT2D eigenvalue weighted by atomic mass is 16.5. The van der Waals surface area contributed by atoms with Crippen LogP contribution >= 0.6 is 0 Å². The van der Waals surface area contributed by atoms with Crippen molar-refractivity contribution in [3.8, 4) is 0 Å². The summed E-state index contributed by atoms with van der Waals surface area (Å²) in [5, 5.41) is 5.60. The van der Waals surface area contributed by atoms with Gasteiger partial charge in [0.05, 0.1) is 6.04 Å². The van der Waals surface area contributed by atoms with Crippen LogP contribution in [0.2, 0.25) is 0 Å². The third-order valence-corrected chi connectivity index (χ3v) is 5.22. The lowest BCUT2D eigenvalue weighted by atomic mass is 10.0. The van der Waals surface area contributed by atoms with Gasteiger partial charge in [-0.05, 0) is 23.1 Å². The molecule has 2 atom stereocenters. The van der Waals surface area contributed by atoms with Gasteiger partial charge in [-0.25, -0.2) is 4.79 Å². The van der Waals surface area contributed by atoms with Gasteiger partial charge in [0.25, 0.3) is 0 Å². The number of carbonyl (C=O) groups is 3. The highest BCUT2D eigenvalue weighted by Gasteiger charge is 2.24. The summed E-state index contributed by atoms with van der Waals surface area (Å²) in [5.41, 5.74) is 7.95. The lowest BCUT2D eigenvalue weighted by molar-refractivity contribution is -0.123. The Labute approximate surface area is 205 Å². The maximum Gasteiger partial charge on any atom is 0.408 e. The maximum atomic E-state index is 13.3. The molecule has 0 saturated carbocycles. The molecule has 0 aliphatic carbocycles. The molecule has 7 nitrogen and oxygen atoms in total. The molecule has 0 spiro atoms. The zero-order chi connectivity index (χ0) is 24.9. The standard InChI is InChI=1S/C28H29N3O4/c29-26(32)17-16-24(18-21-10-4-1-5-11-21)30-27(33)25(19-22-12-6-2-7-13-22)31-28(34)35-20-23-14-8-3-9-15-23/h1-17,24-25H,18-20H2,(H2,29,32)(H,30,33)(H,31,34)/b17-16+/t24-,25+/m1/s1. The van der Waals surface area contributed by atoms with E-state index in [1.165, 1.54) is 6.08 Å². The Bertz CT molecular complexity index is 1120. The number of nitrogens with one attached hydrogen (secondary N) is 2. The van der Waals surface area contributed by atoms with Gasteiger partial charge in [-0.15, -0.1) is 0 Å². The van der Waals surface area contributed by atoms with Gasteiger partial charge in [0.15, 0.2) is 0 Å². The first-order valence-corrected chi connectivity index (χ1v) is 11.3. The van der Waals surface area contributed by atoms with Gasteiger partial charge >= 0.3 is 6.09 Å². The molecule has 0 fully saturated rings. The molecule has 3 rings (SSSR count). The third-order valence-electron chi connectivity index (χ3n) is 5.22. The molecule has 0 aliphatic heterocycles. The number of primary amides is 1. The summed E-state index contributed by atoms with van der Waals surface area (Å²) in [6, 6.07) is 26.8. The van der Waals surface area contributed by atoms with Gasteiger partial charge < -0.3 is 21.1 Å². The number of benzene rings is 3. The molecule has 0 heterocycles. The van der Waals surface area contributed by atoms with E-state index in [1.54, 1.807) is 6.08 Å². The van der Waals surface area contributed by atoms with E-state index >= 15 is 0 Å². The van der Waals surface area contributed by atoms with Crippen LogP contribution in [0.3, 0.4) is 0 Å². The highest BCUT2D eigenvalue weighted by Crippen LogP contribution is 2.08. The smallest absolute Gasteiger partial charge is 0.408 e.